The molecule has 1 fully saturated rings. The van der Waals surface area contributed by atoms with Crippen molar-refractivity contribution in [2.75, 3.05) is 13.1 Å². The monoisotopic (exact) mass is 259 g/mol. The number of piperidine rings is 1. The second-order valence-corrected chi connectivity index (χ2v) is 5.59. The van der Waals surface area contributed by atoms with Gasteiger partial charge in [-0.25, -0.2) is 0 Å². The molecule has 0 saturated carbocycles. The SMILES string of the molecule is NC1CCCN(C(=O)C2Cc3ccccc3CN2)C1. The Bertz CT molecular complexity index is 474. The molecule has 1 amide bonds. The predicted octanol–water partition coefficient (Wildman–Crippen LogP) is 0.651. The lowest BCUT2D eigenvalue weighted by molar-refractivity contribution is -0.134. The lowest BCUT2D eigenvalue weighted by atomic mass is 9.94. The van der Waals surface area contributed by atoms with Gasteiger partial charge in [0.05, 0.1) is 6.04 Å². The van der Waals surface area contributed by atoms with Crippen LogP contribution in [0, 0.1) is 0 Å². The third kappa shape index (κ3) is 2.65. The van der Waals surface area contributed by atoms with E-state index in [2.05, 4.69) is 17.4 Å². The molecule has 19 heavy (non-hydrogen) atoms. The van der Waals surface area contributed by atoms with E-state index in [-0.39, 0.29) is 18.0 Å². The fourth-order valence-corrected chi connectivity index (χ4v) is 3.06. The summed E-state index contributed by atoms with van der Waals surface area (Å²) in [5, 5.41) is 3.36. The van der Waals surface area contributed by atoms with Crippen molar-refractivity contribution in [2.24, 2.45) is 5.73 Å². The van der Waals surface area contributed by atoms with Crippen molar-refractivity contribution < 1.29 is 4.79 Å². The average molecular weight is 259 g/mol. The van der Waals surface area contributed by atoms with Crippen LogP contribution >= 0.6 is 0 Å². The number of nitrogens with one attached hydrogen (secondary N) is 1. The van der Waals surface area contributed by atoms with Gasteiger partial charge in [0.25, 0.3) is 0 Å². The van der Waals surface area contributed by atoms with Crippen LogP contribution in [0.3, 0.4) is 0 Å². The number of benzene rings is 1. The van der Waals surface area contributed by atoms with Crippen molar-refractivity contribution >= 4 is 5.91 Å². The number of amides is 1. The van der Waals surface area contributed by atoms with Crippen LogP contribution in [0.4, 0.5) is 0 Å². The zero-order valence-electron chi connectivity index (χ0n) is 11.1. The molecule has 4 nitrogen and oxygen atoms in total. The molecule has 2 aliphatic rings. The summed E-state index contributed by atoms with van der Waals surface area (Å²) < 4.78 is 0. The van der Waals surface area contributed by atoms with Gasteiger partial charge in [0, 0.05) is 25.7 Å². The van der Waals surface area contributed by atoms with Crippen LogP contribution in [0.25, 0.3) is 0 Å². The Balaban J connectivity index is 1.69. The van der Waals surface area contributed by atoms with Crippen LogP contribution in [0.15, 0.2) is 24.3 Å². The third-order valence-corrected chi connectivity index (χ3v) is 4.15. The Morgan fingerprint density at radius 2 is 2.11 bits per heavy atom. The van der Waals surface area contributed by atoms with Crippen molar-refractivity contribution in [3.05, 3.63) is 35.4 Å². The molecule has 0 aromatic heterocycles. The Kier molecular flexibility index (Phi) is 3.53. The van der Waals surface area contributed by atoms with Gasteiger partial charge in [0.15, 0.2) is 0 Å². The maximum absolute atomic E-state index is 12.5. The second kappa shape index (κ2) is 5.31. The second-order valence-electron chi connectivity index (χ2n) is 5.59. The number of fused-ring (bicyclic) bond motifs is 1. The molecule has 0 spiro atoms. The van der Waals surface area contributed by atoms with Gasteiger partial charge in [-0.05, 0) is 30.4 Å². The molecule has 1 saturated heterocycles. The fourth-order valence-electron chi connectivity index (χ4n) is 3.06. The number of hydrogen-bond acceptors (Lipinski definition) is 3. The summed E-state index contributed by atoms with van der Waals surface area (Å²) in [6.07, 6.45) is 2.85. The molecule has 2 unspecified atom stereocenters. The van der Waals surface area contributed by atoms with E-state index >= 15 is 0 Å². The summed E-state index contributed by atoms with van der Waals surface area (Å²) in [7, 11) is 0. The summed E-state index contributed by atoms with van der Waals surface area (Å²) in [5.74, 6) is 0.213. The number of rotatable bonds is 1. The molecule has 0 radical (unpaired) electrons. The van der Waals surface area contributed by atoms with E-state index in [0.717, 1.165) is 32.4 Å². The summed E-state index contributed by atoms with van der Waals surface area (Å²) in [5.41, 5.74) is 8.55. The average Bonchev–Trinajstić information content (AvgIpc) is 2.46. The zero-order valence-corrected chi connectivity index (χ0v) is 11.1. The first kappa shape index (κ1) is 12.6. The van der Waals surface area contributed by atoms with E-state index in [9.17, 15) is 4.79 Å². The maximum Gasteiger partial charge on any atom is 0.240 e. The number of carbonyl (C=O) groups excluding carboxylic acids is 1. The van der Waals surface area contributed by atoms with E-state index in [4.69, 9.17) is 5.73 Å². The number of hydrogen-bond donors (Lipinski definition) is 2. The summed E-state index contributed by atoms with van der Waals surface area (Å²) >= 11 is 0. The van der Waals surface area contributed by atoms with Gasteiger partial charge < -0.3 is 16.0 Å². The molecule has 2 heterocycles. The van der Waals surface area contributed by atoms with Crippen molar-refractivity contribution in [1.82, 2.24) is 10.2 Å². The minimum absolute atomic E-state index is 0.0831. The van der Waals surface area contributed by atoms with Gasteiger partial charge in [0.1, 0.15) is 0 Å². The molecular formula is C15H21N3O. The normalized spacial score (nSPS) is 26.9. The van der Waals surface area contributed by atoms with Gasteiger partial charge in [0.2, 0.25) is 5.91 Å². The Morgan fingerprint density at radius 3 is 2.89 bits per heavy atom. The highest BCUT2D eigenvalue weighted by Gasteiger charge is 2.30. The van der Waals surface area contributed by atoms with Crippen LogP contribution in [-0.4, -0.2) is 36.0 Å². The highest BCUT2D eigenvalue weighted by molar-refractivity contribution is 5.82. The molecule has 3 N–H and O–H groups in total. The van der Waals surface area contributed by atoms with Crippen LogP contribution in [0.5, 0.6) is 0 Å². The first-order valence-corrected chi connectivity index (χ1v) is 7.08. The largest absolute Gasteiger partial charge is 0.340 e. The number of nitrogens with two attached hydrogens (primary N) is 1. The summed E-state index contributed by atoms with van der Waals surface area (Å²) in [6, 6.07) is 8.40. The molecule has 2 atom stereocenters. The number of carbonyl (C=O) groups is 1. The van der Waals surface area contributed by atoms with Crippen LogP contribution < -0.4 is 11.1 Å². The quantitative estimate of drug-likeness (QED) is 0.778. The zero-order chi connectivity index (χ0) is 13.2. The van der Waals surface area contributed by atoms with E-state index < -0.39 is 0 Å². The molecular weight excluding hydrogens is 238 g/mol. The lowest BCUT2D eigenvalue weighted by Gasteiger charge is -2.35. The van der Waals surface area contributed by atoms with Gasteiger partial charge in [-0.3, -0.25) is 4.79 Å². The van der Waals surface area contributed by atoms with Gasteiger partial charge in [-0.15, -0.1) is 0 Å². The third-order valence-electron chi connectivity index (χ3n) is 4.15. The van der Waals surface area contributed by atoms with Gasteiger partial charge >= 0.3 is 0 Å². The van der Waals surface area contributed by atoms with E-state index in [1.165, 1.54) is 11.1 Å². The highest BCUT2D eigenvalue weighted by Crippen LogP contribution is 2.18. The van der Waals surface area contributed by atoms with Gasteiger partial charge in [-0.1, -0.05) is 24.3 Å². The van der Waals surface area contributed by atoms with Crippen molar-refractivity contribution in [3.63, 3.8) is 0 Å². The van der Waals surface area contributed by atoms with Crippen molar-refractivity contribution in [3.8, 4) is 0 Å². The Hall–Kier alpha value is -1.39. The molecule has 0 bridgehead atoms. The van der Waals surface area contributed by atoms with E-state index in [1.807, 2.05) is 17.0 Å². The maximum atomic E-state index is 12.5. The standard InChI is InChI=1S/C15H21N3O/c16-13-6-3-7-18(10-13)15(19)14-8-11-4-1-2-5-12(11)9-17-14/h1-2,4-5,13-14,17H,3,6-10,16H2. The first-order chi connectivity index (χ1) is 9.24. The Morgan fingerprint density at radius 1 is 1.32 bits per heavy atom. The minimum atomic E-state index is -0.0831. The predicted molar refractivity (Wildman–Crippen MR) is 74.6 cm³/mol. The van der Waals surface area contributed by atoms with Crippen molar-refractivity contribution in [2.45, 2.75) is 37.9 Å². The van der Waals surface area contributed by atoms with Crippen LogP contribution in [-0.2, 0) is 17.8 Å². The number of nitrogens with zero attached hydrogens (tertiary/aromatic N) is 1. The van der Waals surface area contributed by atoms with Crippen LogP contribution in [0.1, 0.15) is 24.0 Å². The highest BCUT2D eigenvalue weighted by atomic mass is 16.2. The van der Waals surface area contributed by atoms with E-state index in [0.29, 0.717) is 6.54 Å². The Labute approximate surface area is 114 Å². The van der Waals surface area contributed by atoms with E-state index in [1.54, 1.807) is 0 Å². The molecule has 1 aromatic carbocycles. The molecule has 102 valence electrons. The number of likely N-dealkylation sites (tertiary alicyclic amines) is 1. The first-order valence-electron chi connectivity index (χ1n) is 7.08. The summed E-state index contributed by atoms with van der Waals surface area (Å²) in [4.78, 5) is 14.4. The smallest absolute Gasteiger partial charge is 0.240 e. The molecule has 4 heteroatoms. The fraction of sp³-hybridized carbons (Fsp3) is 0.533. The molecule has 2 aliphatic heterocycles. The van der Waals surface area contributed by atoms with Crippen LogP contribution in [0.2, 0.25) is 0 Å². The topological polar surface area (TPSA) is 58.4 Å². The molecule has 3 rings (SSSR count). The summed E-state index contributed by atoms with van der Waals surface area (Å²) in [6.45, 7) is 2.34. The minimum Gasteiger partial charge on any atom is -0.340 e. The lowest BCUT2D eigenvalue weighted by Crippen LogP contribution is -2.54. The molecule has 1 aromatic rings. The van der Waals surface area contributed by atoms with Gasteiger partial charge in [-0.2, -0.15) is 0 Å². The van der Waals surface area contributed by atoms with Crippen molar-refractivity contribution in [1.29, 1.82) is 0 Å². The molecule has 0 aliphatic carbocycles.